The summed E-state index contributed by atoms with van der Waals surface area (Å²) in [6.07, 6.45) is 4.73. The molecule has 0 saturated heterocycles. The Morgan fingerprint density at radius 2 is 2.24 bits per heavy atom. The lowest BCUT2D eigenvalue weighted by Gasteiger charge is -2.28. The van der Waals surface area contributed by atoms with Gasteiger partial charge in [0.1, 0.15) is 5.75 Å². The second-order valence-electron chi connectivity index (χ2n) is 5.60. The highest BCUT2D eigenvalue weighted by Crippen LogP contribution is 2.40. The molecule has 1 aliphatic carbocycles. The van der Waals surface area contributed by atoms with E-state index in [1.807, 2.05) is 6.07 Å². The van der Waals surface area contributed by atoms with Crippen LogP contribution in [0, 0.1) is 0 Å². The van der Waals surface area contributed by atoms with Gasteiger partial charge in [-0.15, -0.1) is 11.3 Å². The quantitative estimate of drug-likeness (QED) is 0.653. The van der Waals surface area contributed by atoms with Gasteiger partial charge in [0, 0.05) is 0 Å². The predicted octanol–water partition coefficient (Wildman–Crippen LogP) is 3.77. The van der Waals surface area contributed by atoms with Crippen LogP contribution >= 0.6 is 11.3 Å². The average Bonchev–Trinajstić information content (AvgIpc) is 3.01. The van der Waals surface area contributed by atoms with E-state index < -0.39 is 0 Å². The van der Waals surface area contributed by atoms with Gasteiger partial charge in [-0.2, -0.15) is 0 Å². The van der Waals surface area contributed by atoms with Gasteiger partial charge in [0.25, 0.3) is 0 Å². The lowest BCUT2D eigenvalue weighted by atomic mass is 9.79. The molecule has 0 fully saturated rings. The van der Waals surface area contributed by atoms with Crippen LogP contribution in [0.3, 0.4) is 0 Å². The zero-order valence-electron chi connectivity index (χ0n) is 12.3. The Balaban J connectivity index is 1.82. The highest BCUT2D eigenvalue weighted by atomic mass is 32.1. The normalized spacial score (nSPS) is 19.0. The first-order valence-corrected chi connectivity index (χ1v) is 8.36. The van der Waals surface area contributed by atoms with Gasteiger partial charge in [-0.25, -0.2) is 0 Å². The number of nitrogens with two attached hydrogens (primary N) is 1. The number of hydrogen-bond acceptors (Lipinski definition) is 4. The molecular weight excluding hydrogens is 280 g/mol. The van der Waals surface area contributed by atoms with Crippen molar-refractivity contribution < 1.29 is 4.74 Å². The summed E-state index contributed by atoms with van der Waals surface area (Å²) in [6.45, 7) is 0. The average molecular weight is 302 g/mol. The van der Waals surface area contributed by atoms with Crippen LogP contribution in [0.5, 0.6) is 5.75 Å². The molecule has 1 aliphatic rings. The van der Waals surface area contributed by atoms with E-state index in [-0.39, 0.29) is 6.04 Å². The lowest BCUT2D eigenvalue weighted by molar-refractivity contribution is 0.387. The molecule has 0 radical (unpaired) electrons. The fourth-order valence-corrected chi connectivity index (χ4v) is 4.30. The van der Waals surface area contributed by atoms with Gasteiger partial charge in [0.15, 0.2) is 0 Å². The van der Waals surface area contributed by atoms with E-state index in [2.05, 4.69) is 35.1 Å². The van der Waals surface area contributed by atoms with Crippen LogP contribution in [-0.4, -0.2) is 7.11 Å². The molecule has 1 aromatic heterocycles. The number of benzene rings is 1. The molecule has 3 rings (SSSR count). The number of hydrogen-bond donors (Lipinski definition) is 2. The van der Waals surface area contributed by atoms with Crippen molar-refractivity contribution in [1.82, 2.24) is 5.43 Å². The van der Waals surface area contributed by atoms with Crippen molar-refractivity contribution in [1.29, 1.82) is 0 Å². The van der Waals surface area contributed by atoms with Crippen molar-refractivity contribution in [3.8, 4) is 5.75 Å². The topological polar surface area (TPSA) is 47.3 Å². The predicted molar refractivity (Wildman–Crippen MR) is 87.7 cm³/mol. The molecule has 21 heavy (non-hydrogen) atoms. The van der Waals surface area contributed by atoms with Gasteiger partial charge in [-0.3, -0.25) is 11.3 Å². The van der Waals surface area contributed by atoms with E-state index in [1.165, 1.54) is 35.3 Å². The molecule has 0 spiro atoms. The molecule has 3 nitrogen and oxygen atoms in total. The maximum atomic E-state index is 5.83. The molecule has 0 saturated carbocycles. The summed E-state index contributed by atoms with van der Waals surface area (Å²) in [4.78, 5) is 1.20. The van der Waals surface area contributed by atoms with Crippen LogP contribution < -0.4 is 16.0 Å². The summed E-state index contributed by atoms with van der Waals surface area (Å²) in [6, 6.07) is 11.0. The maximum Gasteiger partial charge on any atom is 0.134 e. The van der Waals surface area contributed by atoms with Gasteiger partial charge in [0.2, 0.25) is 0 Å². The number of hydrazine groups is 1. The molecule has 3 N–H and O–H groups in total. The van der Waals surface area contributed by atoms with Crippen molar-refractivity contribution in [2.45, 2.75) is 37.6 Å². The molecule has 2 unspecified atom stereocenters. The number of aryl methyl sites for hydroxylation is 1. The minimum Gasteiger partial charge on any atom is -0.496 e. The highest BCUT2D eigenvalue weighted by Gasteiger charge is 2.25. The first-order valence-electron chi connectivity index (χ1n) is 7.48. The third-order valence-corrected chi connectivity index (χ3v) is 5.42. The van der Waals surface area contributed by atoms with Crippen LogP contribution in [0.2, 0.25) is 0 Å². The largest absolute Gasteiger partial charge is 0.496 e. The molecule has 1 heterocycles. The Kier molecular flexibility index (Phi) is 4.58. The molecule has 0 bridgehead atoms. The smallest absolute Gasteiger partial charge is 0.134 e. The number of methoxy groups -OCH3 is 1. The van der Waals surface area contributed by atoms with Crippen LogP contribution in [0.15, 0.2) is 35.7 Å². The molecule has 4 heteroatoms. The first-order chi connectivity index (χ1) is 10.3. The fourth-order valence-electron chi connectivity index (χ4n) is 3.37. The number of ether oxygens (including phenoxy) is 1. The monoisotopic (exact) mass is 302 g/mol. The number of rotatable bonds is 5. The molecular formula is C17H22N2OS. The Morgan fingerprint density at radius 1 is 1.38 bits per heavy atom. The van der Waals surface area contributed by atoms with Crippen LogP contribution in [0.4, 0.5) is 0 Å². The standard InChI is InChI=1S/C17H22N2OS/c1-20-16-9-10-21-17(16)15(19-18)11-13-7-4-6-12-5-2-3-8-14(12)13/h2-3,5,8-10,13,15,19H,4,6-7,11,18H2,1H3. The Hall–Kier alpha value is -1.36. The van der Waals surface area contributed by atoms with Gasteiger partial charge in [-0.05, 0) is 54.2 Å². The molecule has 0 amide bonds. The second kappa shape index (κ2) is 6.60. The summed E-state index contributed by atoms with van der Waals surface area (Å²) < 4.78 is 5.44. The van der Waals surface area contributed by atoms with Gasteiger partial charge < -0.3 is 4.74 Å². The minimum absolute atomic E-state index is 0.149. The van der Waals surface area contributed by atoms with E-state index >= 15 is 0 Å². The van der Waals surface area contributed by atoms with Crippen LogP contribution in [0.1, 0.15) is 47.2 Å². The minimum atomic E-state index is 0.149. The zero-order valence-corrected chi connectivity index (χ0v) is 13.2. The zero-order chi connectivity index (χ0) is 14.7. The fraction of sp³-hybridized carbons (Fsp3) is 0.412. The van der Waals surface area contributed by atoms with Crippen molar-refractivity contribution in [3.05, 3.63) is 51.7 Å². The van der Waals surface area contributed by atoms with Crippen molar-refractivity contribution >= 4 is 11.3 Å². The van der Waals surface area contributed by atoms with E-state index in [0.29, 0.717) is 5.92 Å². The van der Waals surface area contributed by atoms with Gasteiger partial charge in [0.05, 0.1) is 18.0 Å². The summed E-state index contributed by atoms with van der Waals surface area (Å²) in [5, 5.41) is 2.06. The molecule has 1 aromatic carbocycles. The third-order valence-electron chi connectivity index (χ3n) is 4.41. The summed E-state index contributed by atoms with van der Waals surface area (Å²) in [5.74, 6) is 7.33. The molecule has 2 atom stereocenters. The maximum absolute atomic E-state index is 5.83. The van der Waals surface area contributed by atoms with E-state index in [9.17, 15) is 0 Å². The van der Waals surface area contributed by atoms with Crippen molar-refractivity contribution in [3.63, 3.8) is 0 Å². The SMILES string of the molecule is COc1ccsc1C(CC1CCCc2ccccc21)NN. The Morgan fingerprint density at radius 3 is 3.05 bits per heavy atom. The van der Waals surface area contributed by atoms with Crippen LogP contribution in [0.25, 0.3) is 0 Å². The number of thiophene rings is 1. The summed E-state index contributed by atoms with van der Waals surface area (Å²) in [5.41, 5.74) is 5.99. The van der Waals surface area contributed by atoms with E-state index in [4.69, 9.17) is 10.6 Å². The van der Waals surface area contributed by atoms with Gasteiger partial charge >= 0.3 is 0 Å². The lowest BCUT2D eigenvalue weighted by Crippen LogP contribution is -2.29. The number of nitrogens with one attached hydrogen (secondary N) is 1. The first kappa shape index (κ1) is 14.6. The molecule has 0 aliphatic heterocycles. The molecule has 112 valence electrons. The van der Waals surface area contributed by atoms with Crippen molar-refractivity contribution in [2.75, 3.05) is 7.11 Å². The third kappa shape index (κ3) is 2.98. The van der Waals surface area contributed by atoms with Gasteiger partial charge in [-0.1, -0.05) is 24.3 Å². The highest BCUT2D eigenvalue weighted by molar-refractivity contribution is 7.10. The second-order valence-corrected chi connectivity index (χ2v) is 6.54. The Labute approximate surface area is 130 Å². The van der Waals surface area contributed by atoms with Crippen LogP contribution in [-0.2, 0) is 6.42 Å². The molecule has 2 aromatic rings. The Bertz CT molecular complexity index is 596. The summed E-state index contributed by atoms with van der Waals surface area (Å²) >= 11 is 1.71. The summed E-state index contributed by atoms with van der Waals surface area (Å²) in [7, 11) is 1.72. The van der Waals surface area contributed by atoms with Crippen molar-refractivity contribution in [2.24, 2.45) is 5.84 Å². The number of fused-ring (bicyclic) bond motifs is 1. The van der Waals surface area contributed by atoms with E-state index in [1.54, 1.807) is 18.4 Å². The van der Waals surface area contributed by atoms with E-state index in [0.717, 1.165) is 12.2 Å².